The predicted molar refractivity (Wildman–Crippen MR) is 74.9 cm³/mol. The van der Waals surface area contributed by atoms with Crippen LogP contribution in [0.1, 0.15) is 17.3 Å². The molecule has 104 valence electrons. The van der Waals surface area contributed by atoms with Crippen molar-refractivity contribution in [1.29, 1.82) is 0 Å². The van der Waals surface area contributed by atoms with E-state index in [0.717, 1.165) is 0 Å². The van der Waals surface area contributed by atoms with E-state index in [4.69, 9.17) is 20.9 Å². The first kappa shape index (κ1) is 13.7. The number of benzene rings is 1. The van der Waals surface area contributed by atoms with Gasteiger partial charge in [0.2, 0.25) is 5.88 Å². The number of hydrogen-bond donors (Lipinski definition) is 2. The molecule has 4 N–H and O–H groups in total. The minimum atomic E-state index is -0.632. The SMILES string of the molecule is CCOc1ccccc1Oc1cc(C(N)=O)c(N)cn1. The average molecular weight is 273 g/mol. The number of aromatic nitrogens is 1. The number of ether oxygens (including phenoxy) is 2. The van der Waals surface area contributed by atoms with Crippen molar-refractivity contribution in [1.82, 2.24) is 4.98 Å². The summed E-state index contributed by atoms with van der Waals surface area (Å²) in [6.07, 6.45) is 1.33. The van der Waals surface area contributed by atoms with Crippen LogP contribution in [0.4, 0.5) is 5.69 Å². The van der Waals surface area contributed by atoms with E-state index >= 15 is 0 Å². The first-order valence-corrected chi connectivity index (χ1v) is 6.06. The second kappa shape index (κ2) is 5.92. The molecule has 0 saturated carbocycles. The van der Waals surface area contributed by atoms with Gasteiger partial charge in [-0.3, -0.25) is 4.79 Å². The number of amides is 1. The van der Waals surface area contributed by atoms with Crippen molar-refractivity contribution in [3.8, 4) is 17.4 Å². The summed E-state index contributed by atoms with van der Waals surface area (Å²) in [7, 11) is 0. The third kappa shape index (κ3) is 2.97. The van der Waals surface area contributed by atoms with E-state index in [1.165, 1.54) is 12.3 Å². The van der Waals surface area contributed by atoms with E-state index in [1.54, 1.807) is 12.1 Å². The van der Waals surface area contributed by atoms with E-state index in [2.05, 4.69) is 4.98 Å². The molecular weight excluding hydrogens is 258 g/mol. The van der Waals surface area contributed by atoms with E-state index in [1.807, 2.05) is 19.1 Å². The Morgan fingerprint density at radius 3 is 2.65 bits per heavy atom. The second-order valence-corrected chi connectivity index (χ2v) is 3.96. The summed E-state index contributed by atoms with van der Waals surface area (Å²) in [5.41, 5.74) is 11.2. The topological polar surface area (TPSA) is 100 Å². The first-order chi connectivity index (χ1) is 9.61. The minimum Gasteiger partial charge on any atom is -0.490 e. The quantitative estimate of drug-likeness (QED) is 0.867. The lowest BCUT2D eigenvalue weighted by Gasteiger charge is -2.11. The summed E-state index contributed by atoms with van der Waals surface area (Å²) in [5, 5.41) is 0. The van der Waals surface area contributed by atoms with Gasteiger partial charge in [0.05, 0.1) is 24.1 Å². The van der Waals surface area contributed by atoms with Crippen LogP contribution in [0.15, 0.2) is 36.5 Å². The van der Waals surface area contributed by atoms with E-state index in [-0.39, 0.29) is 17.1 Å². The van der Waals surface area contributed by atoms with Crippen molar-refractivity contribution in [2.75, 3.05) is 12.3 Å². The van der Waals surface area contributed by atoms with Crippen LogP contribution in [0.3, 0.4) is 0 Å². The Kier molecular flexibility index (Phi) is 4.05. The molecule has 6 nitrogen and oxygen atoms in total. The molecule has 0 aliphatic rings. The first-order valence-electron chi connectivity index (χ1n) is 6.06. The maximum Gasteiger partial charge on any atom is 0.251 e. The van der Waals surface area contributed by atoms with Gasteiger partial charge >= 0.3 is 0 Å². The lowest BCUT2D eigenvalue weighted by Crippen LogP contribution is -2.14. The molecule has 1 aromatic heterocycles. The molecule has 1 aromatic carbocycles. The van der Waals surface area contributed by atoms with Gasteiger partial charge in [-0.05, 0) is 19.1 Å². The van der Waals surface area contributed by atoms with Crippen molar-refractivity contribution in [2.45, 2.75) is 6.92 Å². The third-order valence-electron chi connectivity index (χ3n) is 2.54. The van der Waals surface area contributed by atoms with Crippen LogP contribution in [-0.2, 0) is 0 Å². The highest BCUT2D eigenvalue weighted by Gasteiger charge is 2.11. The molecule has 1 amide bonds. The highest BCUT2D eigenvalue weighted by Crippen LogP contribution is 2.31. The number of nitrogens with two attached hydrogens (primary N) is 2. The molecule has 0 aliphatic heterocycles. The monoisotopic (exact) mass is 273 g/mol. The van der Waals surface area contributed by atoms with Crippen molar-refractivity contribution in [3.05, 3.63) is 42.1 Å². The van der Waals surface area contributed by atoms with Crippen LogP contribution in [0.2, 0.25) is 0 Å². The van der Waals surface area contributed by atoms with Gasteiger partial charge in [-0.1, -0.05) is 12.1 Å². The van der Waals surface area contributed by atoms with Crippen LogP contribution in [0, 0.1) is 0 Å². The summed E-state index contributed by atoms with van der Waals surface area (Å²) in [6.45, 7) is 2.39. The summed E-state index contributed by atoms with van der Waals surface area (Å²) in [4.78, 5) is 15.2. The van der Waals surface area contributed by atoms with Gasteiger partial charge in [-0.25, -0.2) is 4.98 Å². The molecule has 0 saturated heterocycles. The zero-order valence-corrected chi connectivity index (χ0v) is 11.0. The molecule has 0 bridgehead atoms. The standard InChI is InChI=1S/C14H15N3O3/c1-2-19-11-5-3-4-6-12(11)20-13-7-9(14(16)18)10(15)8-17-13/h3-8H,2,15H2,1H3,(H2,16,18). The van der Waals surface area contributed by atoms with Crippen molar-refractivity contribution in [2.24, 2.45) is 5.73 Å². The number of primary amides is 1. The lowest BCUT2D eigenvalue weighted by atomic mass is 10.2. The fraction of sp³-hybridized carbons (Fsp3) is 0.143. The molecule has 0 atom stereocenters. The van der Waals surface area contributed by atoms with E-state index in [0.29, 0.717) is 18.1 Å². The molecule has 2 rings (SSSR count). The summed E-state index contributed by atoms with van der Waals surface area (Å²) in [6, 6.07) is 8.58. The number of pyridine rings is 1. The Bertz CT molecular complexity index is 629. The zero-order chi connectivity index (χ0) is 14.5. The Labute approximate surface area is 116 Å². The van der Waals surface area contributed by atoms with Gasteiger partial charge in [-0.2, -0.15) is 0 Å². The minimum absolute atomic E-state index is 0.170. The second-order valence-electron chi connectivity index (χ2n) is 3.96. The van der Waals surface area contributed by atoms with Crippen LogP contribution >= 0.6 is 0 Å². The molecule has 0 fully saturated rings. The molecule has 1 heterocycles. The van der Waals surface area contributed by atoms with Crippen molar-refractivity contribution >= 4 is 11.6 Å². The maximum atomic E-state index is 11.2. The Balaban J connectivity index is 2.31. The smallest absolute Gasteiger partial charge is 0.251 e. The number of carbonyl (C=O) groups excluding carboxylic acids is 1. The summed E-state index contributed by atoms with van der Waals surface area (Å²) in [5.74, 6) is 0.685. The lowest BCUT2D eigenvalue weighted by molar-refractivity contribution is 0.100. The molecule has 6 heteroatoms. The van der Waals surface area contributed by atoms with Gasteiger partial charge in [0.1, 0.15) is 0 Å². The molecule has 2 aromatic rings. The van der Waals surface area contributed by atoms with Crippen LogP contribution in [0.25, 0.3) is 0 Å². The normalized spacial score (nSPS) is 10.1. The highest BCUT2D eigenvalue weighted by molar-refractivity contribution is 5.98. The highest BCUT2D eigenvalue weighted by atomic mass is 16.5. The Morgan fingerprint density at radius 2 is 2.00 bits per heavy atom. The Hall–Kier alpha value is -2.76. The molecule has 0 aliphatic carbocycles. The number of nitrogen functional groups attached to an aromatic ring is 1. The molecule has 0 radical (unpaired) electrons. The van der Waals surface area contributed by atoms with Gasteiger partial charge in [0.15, 0.2) is 11.5 Å². The fourth-order valence-electron chi connectivity index (χ4n) is 1.64. The average Bonchev–Trinajstić information content (AvgIpc) is 2.43. The van der Waals surface area contributed by atoms with Crippen molar-refractivity contribution in [3.63, 3.8) is 0 Å². The largest absolute Gasteiger partial charge is 0.490 e. The molecule has 0 unspecified atom stereocenters. The third-order valence-corrected chi connectivity index (χ3v) is 2.54. The summed E-state index contributed by atoms with van der Waals surface area (Å²) < 4.78 is 11.0. The van der Waals surface area contributed by atoms with Crippen LogP contribution in [-0.4, -0.2) is 17.5 Å². The number of para-hydroxylation sites is 2. The number of rotatable bonds is 5. The number of anilines is 1. The Morgan fingerprint density at radius 1 is 1.30 bits per heavy atom. The molecule has 0 spiro atoms. The molecular formula is C14H15N3O3. The van der Waals surface area contributed by atoms with Crippen LogP contribution < -0.4 is 20.9 Å². The molecule has 20 heavy (non-hydrogen) atoms. The summed E-state index contributed by atoms with van der Waals surface area (Å²) >= 11 is 0. The fourth-order valence-corrected chi connectivity index (χ4v) is 1.64. The number of hydrogen-bond acceptors (Lipinski definition) is 5. The van der Waals surface area contributed by atoms with Gasteiger partial charge in [0, 0.05) is 6.07 Å². The number of carbonyl (C=O) groups is 1. The van der Waals surface area contributed by atoms with Gasteiger partial charge < -0.3 is 20.9 Å². The van der Waals surface area contributed by atoms with Gasteiger partial charge in [0.25, 0.3) is 5.91 Å². The van der Waals surface area contributed by atoms with E-state index < -0.39 is 5.91 Å². The van der Waals surface area contributed by atoms with Crippen molar-refractivity contribution < 1.29 is 14.3 Å². The maximum absolute atomic E-state index is 11.2. The van der Waals surface area contributed by atoms with Crippen LogP contribution in [0.5, 0.6) is 17.4 Å². The predicted octanol–water partition coefficient (Wildman–Crippen LogP) is 1.95. The van der Waals surface area contributed by atoms with E-state index in [9.17, 15) is 4.79 Å². The van der Waals surface area contributed by atoms with Gasteiger partial charge in [-0.15, -0.1) is 0 Å². The zero-order valence-electron chi connectivity index (χ0n) is 11.0. The number of nitrogens with zero attached hydrogens (tertiary/aromatic N) is 1.